The van der Waals surface area contributed by atoms with Crippen LogP contribution in [0.2, 0.25) is 0 Å². The molecule has 0 aromatic heterocycles. The first kappa shape index (κ1) is 17.9. The highest BCUT2D eigenvalue weighted by Crippen LogP contribution is 2.73. The standard InChI is InChI=1S/C23H32O4/c1-13(24)23-20(27-23)12-19-17-6-5-15-11-16(26-14(2)25)7-9-21(15,3)18(17)8-10-22(19,23)4/h5,16-20H,6-12H2,1-4H3/t16-,17-,18+,19+,20+,21-,22+,23-/m0/s1. The zero-order chi connectivity index (χ0) is 19.2. The Morgan fingerprint density at radius 3 is 2.63 bits per heavy atom. The molecule has 27 heavy (non-hydrogen) atoms. The molecule has 5 rings (SSSR count). The van der Waals surface area contributed by atoms with Gasteiger partial charge in [0.05, 0.1) is 6.10 Å². The summed E-state index contributed by atoms with van der Waals surface area (Å²) in [6.07, 6.45) is 10.1. The summed E-state index contributed by atoms with van der Waals surface area (Å²) in [5.74, 6) is 2.03. The van der Waals surface area contributed by atoms with Crippen LogP contribution in [0.25, 0.3) is 0 Å². The SMILES string of the molecule is CC(=O)O[C@H]1CC[C@@]2(C)C(=CC[C@H]3[C@H]2CC[C@]2(C)[C@@H]3C[C@H]3O[C@@]32C(C)=O)C1. The molecule has 1 saturated heterocycles. The molecule has 3 saturated carbocycles. The molecule has 0 aromatic carbocycles. The second kappa shape index (κ2) is 5.46. The maximum atomic E-state index is 12.5. The summed E-state index contributed by atoms with van der Waals surface area (Å²) in [5.41, 5.74) is 1.30. The normalized spacial score (nSPS) is 52.6. The van der Waals surface area contributed by atoms with Gasteiger partial charge in [-0.25, -0.2) is 0 Å². The molecule has 0 N–H and O–H groups in total. The Morgan fingerprint density at radius 1 is 1.15 bits per heavy atom. The molecular weight excluding hydrogens is 340 g/mol. The largest absolute Gasteiger partial charge is 0.462 e. The summed E-state index contributed by atoms with van der Waals surface area (Å²) in [5, 5.41) is 0. The lowest BCUT2D eigenvalue weighted by atomic mass is 9.47. The van der Waals surface area contributed by atoms with Crippen LogP contribution in [-0.2, 0) is 19.1 Å². The Labute approximate surface area is 162 Å². The van der Waals surface area contributed by atoms with E-state index in [0.717, 1.165) is 38.5 Å². The monoisotopic (exact) mass is 372 g/mol. The first-order chi connectivity index (χ1) is 12.7. The number of hydrogen-bond acceptors (Lipinski definition) is 4. The summed E-state index contributed by atoms with van der Waals surface area (Å²) >= 11 is 0. The van der Waals surface area contributed by atoms with Crippen LogP contribution in [0.3, 0.4) is 0 Å². The highest BCUT2D eigenvalue weighted by atomic mass is 16.6. The second-order valence-electron chi connectivity index (χ2n) is 10.3. The van der Waals surface area contributed by atoms with E-state index in [1.54, 1.807) is 6.92 Å². The molecule has 1 aliphatic heterocycles. The zero-order valence-electron chi connectivity index (χ0n) is 17.0. The maximum Gasteiger partial charge on any atom is 0.302 e. The smallest absolute Gasteiger partial charge is 0.302 e. The van der Waals surface area contributed by atoms with Gasteiger partial charge in [0, 0.05) is 18.8 Å². The third kappa shape index (κ3) is 2.14. The number of carbonyl (C=O) groups excluding carboxylic acids is 2. The van der Waals surface area contributed by atoms with E-state index in [1.165, 1.54) is 18.9 Å². The Bertz CT molecular complexity index is 741. The fourth-order valence-corrected chi connectivity index (χ4v) is 8.03. The number of ether oxygens (including phenoxy) is 2. The van der Waals surface area contributed by atoms with E-state index in [-0.39, 0.29) is 34.8 Å². The number of ketones is 1. The van der Waals surface area contributed by atoms with E-state index < -0.39 is 5.60 Å². The van der Waals surface area contributed by atoms with Crippen LogP contribution in [0, 0.1) is 28.6 Å². The molecule has 0 amide bonds. The third-order valence-electron chi connectivity index (χ3n) is 9.34. The minimum Gasteiger partial charge on any atom is -0.462 e. The Morgan fingerprint density at radius 2 is 1.93 bits per heavy atom. The van der Waals surface area contributed by atoms with Gasteiger partial charge in [-0.3, -0.25) is 9.59 Å². The Hall–Kier alpha value is -1.16. The van der Waals surface area contributed by atoms with Crippen molar-refractivity contribution in [1.82, 2.24) is 0 Å². The van der Waals surface area contributed by atoms with Crippen molar-refractivity contribution in [3.05, 3.63) is 11.6 Å². The van der Waals surface area contributed by atoms with E-state index >= 15 is 0 Å². The highest BCUT2D eigenvalue weighted by molar-refractivity contribution is 5.90. The van der Waals surface area contributed by atoms with Gasteiger partial charge >= 0.3 is 5.97 Å². The molecule has 0 radical (unpaired) electrons. The topological polar surface area (TPSA) is 55.9 Å². The van der Waals surface area contributed by atoms with Gasteiger partial charge in [0.25, 0.3) is 0 Å². The first-order valence-electron chi connectivity index (χ1n) is 10.8. The van der Waals surface area contributed by atoms with Crippen molar-refractivity contribution in [3.8, 4) is 0 Å². The first-order valence-corrected chi connectivity index (χ1v) is 10.8. The lowest BCUT2D eigenvalue weighted by Crippen LogP contribution is -2.54. The maximum absolute atomic E-state index is 12.5. The molecule has 148 valence electrons. The fraction of sp³-hybridized carbons (Fsp3) is 0.826. The molecule has 0 spiro atoms. The van der Waals surface area contributed by atoms with Crippen LogP contribution >= 0.6 is 0 Å². The molecule has 1 heterocycles. The van der Waals surface area contributed by atoms with Gasteiger partial charge in [0.2, 0.25) is 0 Å². The Kier molecular flexibility index (Phi) is 3.62. The zero-order valence-corrected chi connectivity index (χ0v) is 17.0. The summed E-state index contributed by atoms with van der Waals surface area (Å²) in [6, 6.07) is 0. The van der Waals surface area contributed by atoms with Crippen LogP contribution in [0.1, 0.15) is 72.6 Å². The lowest BCUT2D eigenvalue weighted by Gasteiger charge is -2.58. The molecular formula is C23H32O4. The van der Waals surface area contributed by atoms with Crippen molar-refractivity contribution in [1.29, 1.82) is 0 Å². The number of rotatable bonds is 2. The van der Waals surface area contributed by atoms with Gasteiger partial charge < -0.3 is 9.47 Å². The summed E-state index contributed by atoms with van der Waals surface area (Å²) in [7, 11) is 0. The van der Waals surface area contributed by atoms with Crippen LogP contribution in [-0.4, -0.2) is 29.6 Å². The number of Topliss-reactive ketones (excluding diaryl/α,β-unsaturated/α-hetero) is 1. The quantitative estimate of drug-likeness (QED) is 0.414. The van der Waals surface area contributed by atoms with Gasteiger partial charge in [-0.2, -0.15) is 0 Å². The molecule has 4 fully saturated rings. The fourth-order valence-electron chi connectivity index (χ4n) is 8.03. The van der Waals surface area contributed by atoms with Gasteiger partial charge in [-0.15, -0.1) is 0 Å². The van der Waals surface area contributed by atoms with Gasteiger partial charge in [0.1, 0.15) is 6.10 Å². The Balaban J connectivity index is 1.43. The van der Waals surface area contributed by atoms with Gasteiger partial charge in [-0.1, -0.05) is 25.5 Å². The van der Waals surface area contributed by atoms with Crippen molar-refractivity contribution in [2.75, 3.05) is 0 Å². The van der Waals surface area contributed by atoms with Crippen molar-refractivity contribution in [2.45, 2.75) is 90.4 Å². The number of hydrogen-bond donors (Lipinski definition) is 0. The lowest BCUT2D eigenvalue weighted by molar-refractivity contribution is -0.149. The van der Waals surface area contributed by atoms with E-state index in [1.807, 2.05) is 0 Å². The minimum absolute atomic E-state index is 0.0152. The number of fused-ring (bicyclic) bond motifs is 7. The molecule has 8 atom stereocenters. The molecule has 0 bridgehead atoms. The number of epoxide rings is 1. The molecule has 0 aromatic rings. The molecule has 4 aliphatic carbocycles. The van der Waals surface area contributed by atoms with Crippen LogP contribution in [0.5, 0.6) is 0 Å². The van der Waals surface area contributed by atoms with Gasteiger partial charge in [0.15, 0.2) is 11.4 Å². The third-order valence-corrected chi connectivity index (χ3v) is 9.34. The highest BCUT2D eigenvalue weighted by Gasteiger charge is 2.79. The number of carbonyl (C=O) groups is 2. The summed E-state index contributed by atoms with van der Waals surface area (Å²) < 4.78 is 11.6. The molecule has 5 aliphatic rings. The summed E-state index contributed by atoms with van der Waals surface area (Å²) in [4.78, 5) is 23.8. The minimum atomic E-state index is -0.472. The molecule has 0 unspecified atom stereocenters. The predicted molar refractivity (Wildman–Crippen MR) is 101 cm³/mol. The predicted octanol–water partition coefficient (Wildman–Crippen LogP) is 4.22. The van der Waals surface area contributed by atoms with Crippen molar-refractivity contribution in [2.24, 2.45) is 28.6 Å². The average Bonchev–Trinajstić information content (AvgIpc) is 3.27. The molecule has 4 heteroatoms. The number of allylic oxidation sites excluding steroid dienone is 1. The molecule has 4 nitrogen and oxygen atoms in total. The van der Waals surface area contributed by atoms with E-state index in [2.05, 4.69) is 19.9 Å². The second-order valence-corrected chi connectivity index (χ2v) is 10.3. The van der Waals surface area contributed by atoms with E-state index in [9.17, 15) is 9.59 Å². The van der Waals surface area contributed by atoms with Crippen molar-refractivity contribution >= 4 is 11.8 Å². The van der Waals surface area contributed by atoms with Crippen LogP contribution < -0.4 is 0 Å². The average molecular weight is 373 g/mol. The van der Waals surface area contributed by atoms with Gasteiger partial charge in [-0.05, 0) is 68.6 Å². The summed E-state index contributed by atoms with van der Waals surface area (Å²) in [6.45, 7) is 8.03. The van der Waals surface area contributed by atoms with E-state index in [4.69, 9.17) is 9.47 Å². The van der Waals surface area contributed by atoms with E-state index in [0.29, 0.717) is 17.8 Å². The number of esters is 1. The van der Waals surface area contributed by atoms with Crippen LogP contribution in [0.15, 0.2) is 11.6 Å². The van der Waals surface area contributed by atoms with Crippen molar-refractivity contribution < 1.29 is 19.1 Å². The van der Waals surface area contributed by atoms with Crippen LogP contribution in [0.4, 0.5) is 0 Å². The van der Waals surface area contributed by atoms with Crippen molar-refractivity contribution in [3.63, 3.8) is 0 Å².